The zero-order chi connectivity index (χ0) is 24.5. The van der Waals surface area contributed by atoms with Gasteiger partial charge in [-0.3, -0.25) is 14.9 Å². The fourth-order valence-corrected chi connectivity index (χ4v) is 3.68. The van der Waals surface area contributed by atoms with Crippen molar-refractivity contribution in [3.05, 3.63) is 99.1 Å². The van der Waals surface area contributed by atoms with E-state index < -0.39 is 10.8 Å². The lowest BCUT2D eigenvalue weighted by Gasteiger charge is -2.05. The Labute approximate surface area is 202 Å². The average Bonchev–Trinajstić information content (AvgIpc) is 3.12. The van der Waals surface area contributed by atoms with Gasteiger partial charge in [0, 0.05) is 28.4 Å². The topological polar surface area (TPSA) is 141 Å². The largest absolute Gasteiger partial charge is 0.383 e. The van der Waals surface area contributed by atoms with Gasteiger partial charge >= 0.3 is 0 Å². The molecule has 0 aliphatic rings. The number of halogens is 1. The van der Waals surface area contributed by atoms with Crippen LogP contribution in [0.2, 0.25) is 5.02 Å². The third kappa shape index (κ3) is 4.25. The summed E-state index contributed by atoms with van der Waals surface area (Å²) in [5, 5.41) is 18.8. The zero-order valence-corrected chi connectivity index (χ0v) is 18.7. The molecule has 0 atom stereocenters. The monoisotopic (exact) mass is 485 g/mol. The molecule has 3 aromatic carbocycles. The number of carbonyl (C=O) groups is 1. The zero-order valence-electron chi connectivity index (χ0n) is 17.9. The van der Waals surface area contributed by atoms with E-state index in [1.165, 1.54) is 23.0 Å². The molecule has 5 rings (SSSR count). The number of nitro groups is 1. The molecule has 5 aromatic rings. The van der Waals surface area contributed by atoms with E-state index in [0.717, 1.165) is 0 Å². The summed E-state index contributed by atoms with van der Waals surface area (Å²) in [6.45, 7) is 0. The second kappa shape index (κ2) is 8.84. The summed E-state index contributed by atoms with van der Waals surface area (Å²) in [6.07, 6.45) is 1.40. The van der Waals surface area contributed by atoms with Crippen molar-refractivity contribution in [2.75, 3.05) is 11.1 Å². The van der Waals surface area contributed by atoms with Crippen molar-refractivity contribution in [1.82, 2.24) is 14.6 Å². The van der Waals surface area contributed by atoms with Crippen LogP contribution >= 0.6 is 11.6 Å². The highest BCUT2D eigenvalue weighted by Gasteiger charge is 2.24. The highest BCUT2D eigenvalue weighted by atomic mass is 35.5. The van der Waals surface area contributed by atoms with Crippen LogP contribution in [-0.2, 0) is 0 Å². The van der Waals surface area contributed by atoms with Crippen LogP contribution in [0.15, 0.2) is 77.9 Å². The molecular weight excluding hydrogens is 470 g/mol. The first-order chi connectivity index (χ1) is 16.9. The number of nitro benzene ring substituents is 1. The van der Waals surface area contributed by atoms with Gasteiger partial charge in [-0.15, -0.1) is 0 Å². The number of nitrogens with one attached hydrogen (secondary N) is 1. The number of carbonyl (C=O) groups excluding carboxylic acids is 1. The normalized spacial score (nSPS) is 11.3. The molecule has 1 amide bonds. The van der Waals surface area contributed by atoms with E-state index in [0.29, 0.717) is 27.3 Å². The van der Waals surface area contributed by atoms with Crippen molar-refractivity contribution >= 4 is 63.1 Å². The Kier molecular flexibility index (Phi) is 5.55. The molecule has 172 valence electrons. The minimum atomic E-state index is -0.497. The number of fused-ring (bicyclic) bond motifs is 2. The molecule has 0 unspecified atom stereocenters. The Hall–Kier alpha value is -4.83. The van der Waals surface area contributed by atoms with E-state index in [2.05, 4.69) is 20.4 Å². The maximum absolute atomic E-state index is 13.2. The first-order valence-corrected chi connectivity index (χ1v) is 10.7. The lowest BCUT2D eigenvalue weighted by Crippen LogP contribution is -2.14. The molecule has 0 saturated heterocycles. The third-order valence-electron chi connectivity index (χ3n) is 5.21. The molecule has 11 heteroatoms. The van der Waals surface area contributed by atoms with Crippen molar-refractivity contribution in [3.63, 3.8) is 0 Å². The van der Waals surface area contributed by atoms with Gasteiger partial charge in [0.15, 0.2) is 5.65 Å². The predicted molar refractivity (Wildman–Crippen MR) is 135 cm³/mol. The fourth-order valence-electron chi connectivity index (χ4n) is 3.56. The SMILES string of the molecule is Nc1c(C(=O)Nc2ccc(Cl)cc2)c2nc3ccccc3nc2n1/N=C/c1cccc([N+](=O)[O-])c1. The summed E-state index contributed by atoms with van der Waals surface area (Å²) < 4.78 is 1.30. The van der Waals surface area contributed by atoms with Crippen LogP contribution in [0.4, 0.5) is 17.2 Å². The minimum Gasteiger partial charge on any atom is -0.383 e. The van der Waals surface area contributed by atoms with Gasteiger partial charge < -0.3 is 11.1 Å². The van der Waals surface area contributed by atoms with Crippen molar-refractivity contribution in [2.45, 2.75) is 0 Å². The summed E-state index contributed by atoms with van der Waals surface area (Å²) >= 11 is 5.93. The van der Waals surface area contributed by atoms with E-state index >= 15 is 0 Å². The van der Waals surface area contributed by atoms with Crippen molar-refractivity contribution < 1.29 is 9.72 Å². The minimum absolute atomic E-state index is 0.0171. The quantitative estimate of drug-likeness (QED) is 0.207. The van der Waals surface area contributed by atoms with Crippen LogP contribution in [0.3, 0.4) is 0 Å². The molecule has 2 heterocycles. The van der Waals surface area contributed by atoms with Gasteiger partial charge in [-0.2, -0.15) is 9.78 Å². The number of benzene rings is 3. The first-order valence-electron chi connectivity index (χ1n) is 10.3. The highest BCUT2D eigenvalue weighted by molar-refractivity contribution is 6.30. The molecule has 0 fully saturated rings. The number of rotatable bonds is 5. The van der Waals surface area contributed by atoms with Crippen LogP contribution in [0.5, 0.6) is 0 Å². The van der Waals surface area contributed by atoms with Gasteiger partial charge in [0.25, 0.3) is 11.6 Å². The molecule has 0 radical (unpaired) electrons. The third-order valence-corrected chi connectivity index (χ3v) is 5.46. The maximum Gasteiger partial charge on any atom is 0.270 e. The van der Waals surface area contributed by atoms with Crippen LogP contribution in [-0.4, -0.2) is 31.7 Å². The lowest BCUT2D eigenvalue weighted by molar-refractivity contribution is -0.384. The molecule has 35 heavy (non-hydrogen) atoms. The maximum atomic E-state index is 13.2. The van der Waals surface area contributed by atoms with Gasteiger partial charge in [-0.05, 0) is 36.4 Å². The lowest BCUT2D eigenvalue weighted by atomic mass is 10.2. The standard InChI is InChI=1S/C24H16ClN7O3/c25-15-8-10-16(11-9-15)28-24(33)20-21-23(30-19-7-2-1-6-18(19)29-21)31(22(20)26)27-13-14-4-3-5-17(12-14)32(34)35/h1-13H,26H2,(H,28,33)/b27-13+. The number of nitrogens with zero attached hydrogens (tertiary/aromatic N) is 5. The molecule has 0 spiro atoms. The van der Waals surface area contributed by atoms with Crippen molar-refractivity contribution in [2.24, 2.45) is 5.10 Å². The van der Waals surface area contributed by atoms with E-state index in [-0.39, 0.29) is 28.2 Å². The second-order valence-corrected chi connectivity index (χ2v) is 7.95. The molecule has 0 saturated carbocycles. The molecule has 0 bridgehead atoms. The average molecular weight is 486 g/mol. The predicted octanol–water partition coefficient (Wildman–Crippen LogP) is 4.86. The van der Waals surface area contributed by atoms with Crippen molar-refractivity contribution in [3.8, 4) is 0 Å². The van der Waals surface area contributed by atoms with E-state index in [9.17, 15) is 14.9 Å². The van der Waals surface area contributed by atoms with Crippen LogP contribution < -0.4 is 11.1 Å². The number of hydrogen-bond donors (Lipinski definition) is 2. The van der Waals surface area contributed by atoms with E-state index in [4.69, 9.17) is 17.3 Å². The molecule has 10 nitrogen and oxygen atoms in total. The number of para-hydroxylation sites is 2. The van der Waals surface area contributed by atoms with Gasteiger partial charge in [0.05, 0.1) is 22.2 Å². The Morgan fingerprint density at radius 3 is 2.49 bits per heavy atom. The highest BCUT2D eigenvalue weighted by Crippen LogP contribution is 2.29. The molecule has 0 aliphatic carbocycles. The van der Waals surface area contributed by atoms with Gasteiger partial charge in [-0.1, -0.05) is 35.9 Å². The van der Waals surface area contributed by atoms with Gasteiger partial charge in [-0.25, -0.2) is 9.97 Å². The molecular formula is C24H16ClN7O3. The number of nitrogens with two attached hydrogens (primary N) is 1. The summed E-state index contributed by atoms with van der Waals surface area (Å²) in [6, 6.07) is 19.8. The van der Waals surface area contributed by atoms with E-state index in [1.54, 1.807) is 48.5 Å². The van der Waals surface area contributed by atoms with Gasteiger partial charge in [0.2, 0.25) is 0 Å². The molecule has 3 N–H and O–H groups in total. The Balaban J connectivity index is 1.64. The Morgan fingerprint density at radius 1 is 1.06 bits per heavy atom. The van der Waals surface area contributed by atoms with Crippen LogP contribution in [0, 0.1) is 10.1 Å². The number of aromatic nitrogens is 3. The number of nitrogen functional groups attached to an aromatic ring is 1. The Morgan fingerprint density at radius 2 is 1.77 bits per heavy atom. The smallest absolute Gasteiger partial charge is 0.270 e. The number of hydrogen-bond acceptors (Lipinski definition) is 7. The first kappa shape index (κ1) is 22.0. The summed E-state index contributed by atoms with van der Waals surface area (Å²) in [5.74, 6) is -0.479. The van der Waals surface area contributed by atoms with Crippen molar-refractivity contribution in [1.29, 1.82) is 0 Å². The number of amides is 1. The van der Waals surface area contributed by atoms with Crippen LogP contribution in [0.25, 0.3) is 22.2 Å². The second-order valence-electron chi connectivity index (χ2n) is 7.51. The summed E-state index contributed by atoms with van der Waals surface area (Å²) in [7, 11) is 0. The summed E-state index contributed by atoms with van der Waals surface area (Å²) in [4.78, 5) is 33.1. The molecule has 0 aliphatic heterocycles. The van der Waals surface area contributed by atoms with Gasteiger partial charge in [0.1, 0.15) is 16.9 Å². The molecule has 2 aromatic heterocycles. The van der Waals surface area contributed by atoms with E-state index in [1.807, 2.05) is 12.1 Å². The number of anilines is 2. The number of non-ortho nitro benzene ring substituents is 1. The summed E-state index contributed by atoms with van der Waals surface area (Å²) in [5.41, 5.74) is 9.11. The Bertz CT molecular complexity index is 1650. The van der Waals surface area contributed by atoms with Crippen LogP contribution in [0.1, 0.15) is 15.9 Å². The fraction of sp³-hybridized carbons (Fsp3) is 0.